The third-order valence-corrected chi connectivity index (χ3v) is 5.12. The zero-order chi connectivity index (χ0) is 19.2. The van der Waals surface area contributed by atoms with Crippen LogP contribution >= 0.6 is 0 Å². The normalized spacial score (nSPS) is 19.1. The van der Waals surface area contributed by atoms with E-state index in [0.29, 0.717) is 24.6 Å². The molecule has 1 aromatic heterocycles. The van der Waals surface area contributed by atoms with Crippen LogP contribution in [0.4, 0.5) is 0 Å². The van der Waals surface area contributed by atoms with Crippen LogP contribution in [0.15, 0.2) is 0 Å². The summed E-state index contributed by atoms with van der Waals surface area (Å²) in [6, 6.07) is 0. The monoisotopic (exact) mass is 377 g/mol. The number of rotatable bonds is 8. The van der Waals surface area contributed by atoms with Gasteiger partial charge in [-0.3, -0.25) is 9.59 Å². The fourth-order valence-corrected chi connectivity index (χ4v) is 3.67. The molecule has 2 amide bonds. The number of nitrogens with zero attached hydrogens (tertiary/aromatic N) is 3. The molecule has 0 aliphatic carbocycles. The number of carbonyl (C=O) groups excluding carboxylic acids is 2. The lowest BCUT2D eigenvalue weighted by atomic mass is 10.1. The highest BCUT2D eigenvalue weighted by Gasteiger charge is 2.28. The van der Waals surface area contributed by atoms with Crippen LogP contribution in [0.5, 0.6) is 0 Å². The summed E-state index contributed by atoms with van der Waals surface area (Å²) in [7, 11) is 4.02. The molecule has 2 N–H and O–H groups in total. The molecule has 0 aromatic carbocycles. The van der Waals surface area contributed by atoms with Gasteiger partial charge in [-0.05, 0) is 59.2 Å². The van der Waals surface area contributed by atoms with Gasteiger partial charge in [0, 0.05) is 26.2 Å². The molecule has 1 aromatic rings. The molecule has 150 valence electrons. The Bertz CT molecular complexity index is 665. The maximum absolute atomic E-state index is 12.7. The summed E-state index contributed by atoms with van der Waals surface area (Å²) in [5.74, 6) is -0.0466. The van der Waals surface area contributed by atoms with Crippen LogP contribution in [0.3, 0.4) is 0 Å². The molecule has 1 saturated heterocycles. The highest BCUT2D eigenvalue weighted by atomic mass is 16.5. The largest absolute Gasteiger partial charge is 0.376 e. The number of hydrogen-bond donors (Lipinski definition) is 2. The van der Waals surface area contributed by atoms with Gasteiger partial charge < -0.3 is 24.8 Å². The molecule has 8 nitrogen and oxygen atoms in total. The molecule has 0 spiro atoms. The molecular weight excluding hydrogens is 346 g/mol. The van der Waals surface area contributed by atoms with Gasteiger partial charge >= 0.3 is 0 Å². The zero-order valence-corrected chi connectivity index (χ0v) is 16.4. The molecule has 0 bridgehead atoms. The molecule has 0 radical (unpaired) electrons. The van der Waals surface area contributed by atoms with E-state index in [2.05, 4.69) is 20.5 Å². The summed E-state index contributed by atoms with van der Waals surface area (Å²) in [5, 5.41) is 5.86. The van der Waals surface area contributed by atoms with E-state index in [1.165, 1.54) is 0 Å². The Morgan fingerprint density at radius 1 is 1.22 bits per heavy atom. The summed E-state index contributed by atoms with van der Waals surface area (Å²) in [4.78, 5) is 31.8. The first-order valence-electron chi connectivity index (χ1n) is 9.98. The Morgan fingerprint density at radius 3 is 2.81 bits per heavy atom. The third-order valence-electron chi connectivity index (χ3n) is 5.12. The maximum Gasteiger partial charge on any atom is 0.287 e. The van der Waals surface area contributed by atoms with E-state index in [0.717, 1.165) is 63.9 Å². The van der Waals surface area contributed by atoms with Gasteiger partial charge in [0.15, 0.2) is 5.82 Å². The van der Waals surface area contributed by atoms with E-state index in [1.807, 2.05) is 18.7 Å². The Kier molecular flexibility index (Phi) is 6.84. The van der Waals surface area contributed by atoms with Crippen LogP contribution < -0.4 is 10.6 Å². The number of ether oxygens (including phenoxy) is 1. The molecular formula is C19H31N5O3. The summed E-state index contributed by atoms with van der Waals surface area (Å²) < 4.78 is 7.48. The van der Waals surface area contributed by atoms with Crippen molar-refractivity contribution in [1.82, 2.24) is 25.1 Å². The van der Waals surface area contributed by atoms with Crippen LogP contribution in [-0.4, -0.2) is 72.7 Å². The molecule has 1 fully saturated rings. The fourth-order valence-electron chi connectivity index (χ4n) is 3.67. The first-order chi connectivity index (χ1) is 13.1. The first-order valence-corrected chi connectivity index (χ1v) is 9.98. The highest BCUT2D eigenvalue weighted by Crippen LogP contribution is 2.21. The van der Waals surface area contributed by atoms with E-state index in [4.69, 9.17) is 4.74 Å². The molecule has 3 rings (SSSR count). The van der Waals surface area contributed by atoms with Crippen molar-refractivity contribution in [3.63, 3.8) is 0 Å². The van der Waals surface area contributed by atoms with E-state index in [9.17, 15) is 9.59 Å². The van der Waals surface area contributed by atoms with Gasteiger partial charge in [-0.25, -0.2) is 4.98 Å². The lowest BCUT2D eigenvalue weighted by molar-refractivity contribution is 0.0853. The standard InChI is InChI=1S/C19H31N5O3/c1-23(2)10-6-9-20-19(26)17-22-16(15-8-3-4-11-24(15)17)18(25)21-13-14-7-5-12-27-14/h14H,3-13H2,1-2H3,(H,20,26)(H,21,25). The minimum atomic E-state index is -0.206. The van der Waals surface area contributed by atoms with Crippen molar-refractivity contribution < 1.29 is 14.3 Å². The molecule has 8 heteroatoms. The van der Waals surface area contributed by atoms with Crippen molar-refractivity contribution in [3.8, 4) is 0 Å². The van der Waals surface area contributed by atoms with Crippen LogP contribution in [0.1, 0.15) is 58.9 Å². The number of amides is 2. The average Bonchev–Trinajstić information content (AvgIpc) is 3.30. The molecule has 3 heterocycles. The van der Waals surface area contributed by atoms with E-state index >= 15 is 0 Å². The van der Waals surface area contributed by atoms with Crippen molar-refractivity contribution in [1.29, 1.82) is 0 Å². The zero-order valence-electron chi connectivity index (χ0n) is 16.4. The van der Waals surface area contributed by atoms with Gasteiger partial charge in [0.1, 0.15) is 5.69 Å². The second-order valence-corrected chi connectivity index (χ2v) is 7.60. The quantitative estimate of drug-likeness (QED) is 0.655. The predicted molar refractivity (Wildman–Crippen MR) is 102 cm³/mol. The Hall–Kier alpha value is -1.93. The average molecular weight is 377 g/mol. The Morgan fingerprint density at radius 2 is 2.07 bits per heavy atom. The first kappa shape index (κ1) is 19.8. The van der Waals surface area contributed by atoms with Gasteiger partial charge in [-0.15, -0.1) is 0 Å². The Balaban J connectivity index is 1.65. The van der Waals surface area contributed by atoms with E-state index in [1.54, 1.807) is 0 Å². The van der Waals surface area contributed by atoms with Gasteiger partial charge in [0.25, 0.3) is 11.8 Å². The highest BCUT2D eigenvalue weighted by molar-refractivity contribution is 5.97. The smallest absolute Gasteiger partial charge is 0.287 e. The molecule has 0 saturated carbocycles. The number of aromatic nitrogens is 2. The lowest BCUT2D eigenvalue weighted by Gasteiger charge is -2.17. The molecule has 27 heavy (non-hydrogen) atoms. The van der Waals surface area contributed by atoms with Crippen molar-refractivity contribution in [2.24, 2.45) is 0 Å². The number of imidazole rings is 1. The second kappa shape index (κ2) is 9.32. The van der Waals surface area contributed by atoms with Crippen LogP contribution in [0.25, 0.3) is 0 Å². The van der Waals surface area contributed by atoms with Crippen molar-refractivity contribution in [3.05, 3.63) is 17.2 Å². The fraction of sp³-hybridized carbons (Fsp3) is 0.737. The van der Waals surface area contributed by atoms with Crippen LogP contribution in [-0.2, 0) is 17.7 Å². The van der Waals surface area contributed by atoms with Gasteiger partial charge in [-0.1, -0.05) is 0 Å². The third kappa shape index (κ3) is 5.07. The SMILES string of the molecule is CN(C)CCCNC(=O)c1nc(C(=O)NCC2CCCO2)c2n1CCCC2. The van der Waals surface area contributed by atoms with Crippen molar-refractivity contribution in [2.75, 3.05) is 40.3 Å². The lowest BCUT2D eigenvalue weighted by Crippen LogP contribution is -2.32. The minimum Gasteiger partial charge on any atom is -0.376 e. The molecule has 2 aliphatic rings. The maximum atomic E-state index is 12.7. The summed E-state index contributed by atoms with van der Waals surface area (Å²) in [6.07, 6.45) is 5.78. The van der Waals surface area contributed by atoms with Crippen LogP contribution in [0.2, 0.25) is 0 Å². The summed E-state index contributed by atoms with van der Waals surface area (Å²) in [6.45, 7) is 3.51. The number of fused-ring (bicyclic) bond motifs is 1. The van der Waals surface area contributed by atoms with Crippen LogP contribution in [0, 0.1) is 0 Å². The number of carbonyl (C=O) groups is 2. The second-order valence-electron chi connectivity index (χ2n) is 7.60. The topological polar surface area (TPSA) is 88.5 Å². The number of nitrogens with one attached hydrogen (secondary N) is 2. The van der Waals surface area contributed by atoms with E-state index < -0.39 is 0 Å². The van der Waals surface area contributed by atoms with Gasteiger partial charge in [0.2, 0.25) is 0 Å². The van der Waals surface area contributed by atoms with E-state index in [-0.39, 0.29) is 17.9 Å². The predicted octanol–water partition coefficient (Wildman–Crippen LogP) is 0.810. The van der Waals surface area contributed by atoms with Crippen molar-refractivity contribution in [2.45, 2.75) is 51.2 Å². The molecule has 1 atom stereocenters. The molecule has 1 unspecified atom stereocenters. The van der Waals surface area contributed by atoms with Gasteiger partial charge in [-0.2, -0.15) is 0 Å². The van der Waals surface area contributed by atoms with Crippen molar-refractivity contribution >= 4 is 11.8 Å². The number of hydrogen-bond acceptors (Lipinski definition) is 5. The van der Waals surface area contributed by atoms with Gasteiger partial charge in [0.05, 0.1) is 11.8 Å². The summed E-state index contributed by atoms with van der Waals surface area (Å²) in [5.41, 5.74) is 1.27. The summed E-state index contributed by atoms with van der Waals surface area (Å²) >= 11 is 0. The molecule has 2 aliphatic heterocycles. The minimum absolute atomic E-state index is 0.0897. The Labute approximate surface area is 160 Å².